The van der Waals surface area contributed by atoms with Crippen LogP contribution in [0.4, 0.5) is 0 Å². The van der Waals surface area contributed by atoms with E-state index < -0.39 is 29.0 Å². The van der Waals surface area contributed by atoms with Crippen LogP contribution in [0.3, 0.4) is 0 Å². The number of nitrogens with zero attached hydrogens (tertiary/aromatic N) is 1. The second-order valence-corrected chi connectivity index (χ2v) is 6.71. The normalized spacial score (nSPS) is 20.0. The predicted molar refractivity (Wildman–Crippen MR) is 92.3 cm³/mol. The number of nitrogens with one attached hydrogen (secondary N) is 2. The van der Waals surface area contributed by atoms with Crippen molar-refractivity contribution < 1.29 is 14.7 Å². The fourth-order valence-corrected chi connectivity index (χ4v) is 3.40. The average Bonchev–Trinajstić information content (AvgIpc) is 2.64. The molecule has 1 heterocycles. The summed E-state index contributed by atoms with van der Waals surface area (Å²) < 4.78 is 0.880. The summed E-state index contributed by atoms with van der Waals surface area (Å²) in [7, 11) is 0. The second kappa shape index (κ2) is 7.55. The van der Waals surface area contributed by atoms with Gasteiger partial charge in [0, 0.05) is 12.5 Å². The van der Waals surface area contributed by atoms with Crippen LogP contribution in [0.15, 0.2) is 33.9 Å². The molecule has 8 nitrogen and oxygen atoms in total. The van der Waals surface area contributed by atoms with E-state index in [1.807, 2.05) is 0 Å². The van der Waals surface area contributed by atoms with E-state index in [-0.39, 0.29) is 12.5 Å². The number of hydrogen-bond donors (Lipinski definition) is 2. The molecule has 1 saturated carbocycles. The van der Waals surface area contributed by atoms with E-state index in [0.29, 0.717) is 43.1 Å². The highest BCUT2D eigenvalue weighted by atomic mass is 16.4. The number of carbonyl (C=O) groups is 2. The van der Waals surface area contributed by atoms with E-state index in [2.05, 4.69) is 10.3 Å². The maximum atomic E-state index is 12.4. The molecule has 0 unspecified atom stereocenters. The Bertz CT molecular complexity index is 938. The lowest BCUT2D eigenvalue weighted by Crippen LogP contribution is -2.42. The van der Waals surface area contributed by atoms with Gasteiger partial charge in [-0.05, 0) is 49.7 Å². The Morgan fingerprint density at radius 1 is 1.15 bits per heavy atom. The van der Waals surface area contributed by atoms with E-state index in [4.69, 9.17) is 0 Å². The standard InChI is InChI=1S/C18H21N3O5/c22-15(19-9-11-5-7-12(8-6-11)17(24)25)10-21-16(23)13-3-1-2-4-14(13)20-18(21)26/h1-4,11-12H,5-10H2,(H,19,22)(H,20,26)(H,24,25)/p-1. The molecule has 1 aliphatic rings. The van der Waals surface area contributed by atoms with Gasteiger partial charge in [0.1, 0.15) is 6.54 Å². The number of para-hydroxylation sites is 1. The Hall–Kier alpha value is -2.90. The zero-order valence-electron chi connectivity index (χ0n) is 14.2. The van der Waals surface area contributed by atoms with Gasteiger partial charge in [-0.1, -0.05) is 12.1 Å². The van der Waals surface area contributed by atoms with Crippen LogP contribution in [0.2, 0.25) is 0 Å². The first-order chi connectivity index (χ1) is 12.5. The first-order valence-corrected chi connectivity index (χ1v) is 8.65. The molecular formula is C18H20N3O5-. The molecule has 0 saturated heterocycles. The number of fused-ring (bicyclic) bond motifs is 1. The van der Waals surface area contributed by atoms with Gasteiger partial charge in [0.05, 0.1) is 10.9 Å². The number of hydrogen-bond acceptors (Lipinski definition) is 5. The summed E-state index contributed by atoms with van der Waals surface area (Å²) in [5.74, 6) is -1.64. The maximum Gasteiger partial charge on any atom is 0.329 e. The van der Waals surface area contributed by atoms with Crippen molar-refractivity contribution in [3.8, 4) is 0 Å². The Kier molecular flexibility index (Phi) is 5.20. The van der Waals surface area contributed by atoms with Crippen LogP contribution in [-0.4, -0.2) is 28.0 Å². The lowest BCUT2D eigenvalue weighted by molar-refractivity contribution is -0.312. The molecule has 8 heteroatoms. The Labute approximate surface area is 148 Å². The van der Waals surface area contributed by atoms with Crippen LogP contribution in [-0.2, 0) is 16.1 Å². The molecule has 0 radical (unpaired) electrons. The third-order valence-electron chi connectivity index (χ3n) is 4.96. The number of carboxylic acid groups (broad SMARTS) is 1. The molecular weight excluding hydrogens is 338 g/mol. The first kappa shape index (κ1) is 17.9. The molecule has 0 spiro atoms. The molecule has 0 aliphatic heterocycles. The maximum absolute atomic E-state index is 12.4. The summed E-state index contributed by atoms with van der Waals surface area (Å²) in [6, 6.07) is 6.63. The number of aliphatic carboxylic acids is 1. The van der Waals surface area contributed by atoms with Gasteiger partial charge in [-0.2, -0.15) is 0 Å². The van der Waals surface area contributed by atoms with Gasteiger partial charge in [0.2, 0.25) is 5.91 Å². The molecule has 1 fully saturated rings. The van der Waals surface area contributed by atoms with Crippen LogP contribution >= 0.6 is 0 Å². The van der Waals surface area contributed by atoms with Crippen LogP contribution in [0.5, 0.6) is 0 Å². The Morgan fingerprint density at radius 2 is 1.85 bits per heavy atom. The number of aromatic amines is 1. The molecule has 0 bridgehead atoms. The summed E-state index contributed by atoms with van der Waals surface area (Å²) in [4.78, 5) is 50.0. The minimum absolute atomic E-state index is 0.196. The smallest absolute Gasteiger partial charge is 0.329 e. The largest absolute Gasteiger partial charge is 0.550 e. The highest BCUT2D eigenvalue weighted by Gasteiger charge is 2.22. The van der Waals surface area contributed by atoms with Crippen molar-refractivity contribution in [1.29, 1.82) is 0 Å². The summed E-state index contributed by atoms with van der Waals surface area (Å²) in [5, 5.41) is 13.9. The number of rotatable bonds is 5. The van der Waals surface area contributed by atoms with Crippen LogP contribution < -0.4 is 21.7 Å². The zero-order valence-corrected chi connectivity index (χ0v) is 14.2. The molecule has 3 rings (SSSR count). The fourth-order valence-electron chi connectivity index (χ4n) is 3.40. The van der Waals surface area contributed by atoms with Crippen molar-refractivity contribution in [3.05, 3.63) is 45.1 Å². The van der Waals surface area contributed by atoms with Gasteiger partial charge in [-0.3, -0.25) is 14.2 Å². The van der Waals surface area contributed by atoms with E-state index in [9.17, 15) is 24.3 Å². The molecule has 138 valence electrons. The minimum atomic E-state index is -1.01. The van der Waals surface area contributed by atoms with Crippen molar-refractivity contribution in [3.63, 3.8) is 0 Å². The fraction of sp³-hybridized carbons (Fsp3) is 0.444. The van der Waals surface area contributed by atoms with Crippen molar-refractivity contribution in [2.45, 2.75) is 32.2 Å². The van der Waals surface area contributed by atoms with Gasteiger partial charge in [-0.15, -0.1) is 0 Å². The molecule has 2 aromatic rings. The number of carboxylic acids is 1. The Morgan fingerprint density at radius 3 is 2.54 bits per heavy atom. The summed E-state index contributed by atoms with van der Waals surface area (Å²) >= 11 is 0. The first-order valence-electron chi connectivity index (χ1n) is 8.65. The topological polar surface area (TPSA) is 124 Å². The quantitative estimate of drug-likeness (QED) is 0.736. The second-order valence-electron chi connectivity index (χ2n) is 6.71. The minimum Gasteiger partial charge on any atom is -0.550 e. The Balaban J connectivity index is 1.61. The number of H-pyrrole nitrogens is 1. The summed E-state index contributed by atoms with van der Waals surface area (Å²) in [5.41, 5.74) is -0.698. The molecule has 1 aromatic carbocycles. The number of carbonyl (C=O) groups excluding carboxylic acids is 2. The lowest BCUT2D eigenvalue weighted by atomic mass is 9.82. The zero-order chi connectivity index (χ0) is 18.7. The monoisotopic (exact) mass is 358 g/mol. The van der Waals surface area contributed by atoms with Gasteiger partial charge < -0.3 is 20.2 Å². The number of benzene rings is 1. The highest BCUT2D eigenvalue weighted by Crippen LogP contribution is 2.27. The van der Waals surface area contributed by atoms with Gasteiger partial charge in [0.25, 0.3) is 5.56 Å². The third-order valence-corrected chi connectivity index (χ3v) is 4.96. The van der Waals surface area contributed by atoms with Gasteiger partial charge in [0.15, 0.2) is 0 Å². The molecule has 1 amide bonds. The van der Waals surface area contributed by atoms with Crippen LogP contribution in [0.1, 0.15) is 25.7 Å². The van der Waals surface area contributed by atoms with Crippen LogP contribution in [0.25, 0.3) is 10.9 Å². The number of aromatic nitrogens is 2. The van der Waals surface area contributed by atoms with E-state index in [1.165, 1.54) is 0 Å². The lowest BCUT2D eigenvalue weighted by Gasteiger charge is -2.29. The molecule has 1 aliphatic carbocycles. The third kappa shape index (κ3) is 3.84. The average molecular weight is 358 g/mol. The van der Waals surface area contributed by atoms with Gasteiger partial charge in [-0.25, -0.2) is 4.79 Å². The highest BCUT2D eigenvalue weighted by molar-refractivity contribution is 5.78. The molecule has 0 atom stereocenters. The molecule has 1 aromatic heterocycles. The van der Waals surface area contributed by atoms with Gasteiger partial charge >= 0.3 is 5.69 Å². The van der Waals surface area contributed by atoms with Crippen molar-refractivity contribution >= 4 is 22.8 Å². The van der Waals surface area contributed by atoms with E-state index in [0.717, 1.165) is 4.57 Å². The van der Waals surface area contributed by atoms with E-state index >= 15 is 0 Å². The van der Waals surface area contributed by atoms with Crippen molar-refractivity contribution in [2.75, 3.05) is 6.54 Å². The van der Waals surface area contributed by atoms with Crippen molar-refractivity contribution in [1.82, 2.24) is 14.9 Å². The SMILES string of the molecule is O=C(Cn1c(=O)[nH]c2ccccc2c1=O)NCC1CCC(C(=O)[O-])CC1. The predicted octanol–water partition coefficient (Wildman–Crippen LogP) is -0.638. The van der Waals surface area contributed by atoms with E-state index in [1.54, 1.807) is 24.3 Å². The molecule has 26 heavy (non-hydrogen) atoms. The summed E-state index contributed by atoms with van der Waals surface area (Å²) in [6.45, 7) is 0.0478. The molecule has 2 N–H and O–H groups in total. The summed E-state index contributed by atoms with van der Waals surface area (Å²) in [6.07, 6.45) is 2.50. The number of amides is 1. The van der Waals surface area contributed by atoms with Crippen LogP contribution in [0, 0.1) is 11.8 Å². The van der Waals surface area contributed by atoms with Crippen molar-refractivity contribution in [2.24, 2.45) is 11.8 Å².